The van der Waals surface area contributed by atoms with E-state index >= 15 is 0 Å². The van der Waals surface area contributed by atoms with Crippen LogP contribution < -0.4 is 14.8 Å². The Balaban J connectivity index is 1.73. The molecule has 1 aliphatic rings. The number of carbonyl (C=O) groups excluding carboxylic acids is 1. The van der Waals surface area contributed by atoms with Crippen LogP contribution in [0.3, 0.4) is 0 Å². The molecule has 1 amide bonds. The van der Waals surface area contributed by atoms with Gasteiger partial charge in [0.1, 0.15) is 4.99 Å². The number of nitrogens with one attached hydrogen (secondary N) is 1. The molecule has 8 heteroatoms. The molecule has 0 spiro atoms. The van der Waals surface area contributed by atoms with Crippen LogP contribution in [0.4, 0.5) is 5.69 Å². The fourth-order valence-corrected chi connectivity index (χ4v) is 4.60. The van der Waals surface area contributed by atoms with Crippen molar-refractivity contribution in [3.8, 4) is 11.5 Å². The number of hydrogen-bond donors (Lipinski definition) is 1. The highest BCUT2D eigenvalue weighted by Gasteiger charge is 2.26. The second kappa shape index (κ2) is 11.3. The third kappa shape index (κ3) is 6.68. The maximum atomic E-state index is 12.5. The smallest absolute Gasteiger partial charge is 0.262 e. The van der Waals surface area contributed by atoms with Gasteiger partial charge in [-0.15, -0.1) is 0 Å². The lowest BCUT2D eigenvalue weighted by molar-refractivity contribution is -0.118. The molecule has 0 unspecified atom stereocenters. The van der Waals surface area contributed by atoms with Crippen LogP contribution in [-0.2, 0) is 9.53 Å². The highest BCUT2D eigenvalue weighted by atomic mass is 79.9. The molecular formula is C25H31BrN2O4S. The van der Waals surface area contributed by atoms with Gasteiger partial charge in [-0.25, -0.2) is 0 Å². The minimum Gasteiger partial charge on any atom is -0.490 e. The molecule has 6 nitrogen and oxygen atoms in total. The van der Waals surface area contributed by atoms with Gasteiger partial charge in [-0.3, -0.25) is 4.79 Å². The van der Waals surface area contributed by atoms with E-state index in [0.717, 1.165) is 34.9 Å². The summed E-state index contributed by atoms with van der Waals surface area (Å²) in [7, 11) is 0. The topological polar surface area (TPSA) is 60.0 Å². The van der Waals surface area contributed by atoms with Crippen LogP contribution in [0.5, 0.6) is 11.5 Å². The maximum Gasteiger partial charge on any atom is 0.262 e. The molecule has 1 fully saturated rings. The van der Waals surface area contributed by atoms with E-state index in [-0.39, 0.29) is 24.7 Å². The number of hydrogen-bond acceptors (Lipinski definition) is 5. The van der Waals surface area contributed by atoms with Crippen molar-refractivity contribution in [3.63, 3.8) is 0 Å². The fraction of sp³-hybridized carbons (Fsp3) is 0.440. The van der Waals surface area contributed by atoms with Gasteiger partial charge in [0.05, 0.1) is 23.3 Å². The van der Waals surface area contributed by atoms with E-state index in [1.54, 1.807) is 0 Å². The molecule has 0 aliphatic carbocycles. The molecule has 0 bridgehead atoms. The third-order valence-electron chi connectivity index (χ3n) is 5.40. The normalized spacial score (nSPS) is 18.1. The summed E-state index contributed by atoms with van der Waals surface area (Å²) in [5, 5.41) is 2.87. The molecule has 1 aliphatic heterocycles. The molecule has 3 rings (SSSR count). The second-order valence-corrected chi connectivity index (χ2v) is 9.56. The first kappa shape index (κ1) is 25.5. The maximum absolute atomic E-state index is 12.5. The summed E-state index contributed by atoms with van der Waals surface area (Å²) >= 11 is 9.36. The molecule has 1 N–H and O–H groups in total. The Morgan fingerprint density at radius 1 is 1.15 bits per heavy atom. The molecule has 1 saturated heterocycles. The van der Waals surface area contributed by atoms with Gasteiger partial charge >= 0.3 is 0 Å². The molecule has 2 aromatic carbocycles. The fourth-order valence-electron chi connectivity index (χ4n) is 3.77. The van der Waals surface area contributed by atoms with Gasteiger partial charge in [0.15, 0.2) is 18.1 Å². The number of amides is 1. The van der Waals surface area contributed by atoms with Crippen molar-refractivity contribution in [1.82, 2.24) is 4.90 Å². The quantitative estimate of drug-likeness (QED) is 0.488. The SMILES string of the molecule is CCOc1cc(C(=S)N2C[C@H](C)O[C@@H](C)C2)cc(Br)c1OCC(=O)Nc1ccc(C)c(C)c1. The summed E-state index contributed by atoms with van der Waals surface area (Å²) in [4.78, 5) is 15.4. The van der Waals surface area contributed by atoms with Crippen molar-refractivity contribution >= 4 is 44.7 Å². The van der Waals surface area contributed by atoms with E-state index in [9.17, 15) is 4.79 Å². The van der Waals surface area contributed by atoms with Gasteiger partial charge in [-0.05, 0) is 85.9 Å². The van der Waals surface area contributed by atoms with Crippen LogP contribution in [0.2, 0.25) is 0 Å². The minimum atomic E-state index is -0.247. The number of morpholine rings is 1. The molecule has 0 radical (unpaired) electrons. The Labute approximate surface area is 209 Å². The van der Waals surface area contributed by atoms with Gasteiger partial charge in [0, 0.05) is 24.3 Å². The van der Waals surface area contributed by atoms with Crippen molar-refractivity contribution in [2.45, 2.75) is 46.8 Å². The molecule has 0 aromatic heterocycles. The Hall–Kier alpha value is -2.16. The summed E-state index contributed by atoms with van der Waals surface area (Å²) < 4.78 is 18.2. The van der Waals surface area contributed by atoms with E-state index in [2.05, 4.69) is 26.1 Å². The van der Waals surface area contributed by atoms with E-state index in [1.807, 2.05) is 65.0 Å². The Morgan fingerprint density at radius 2 is 1.85 bits per heavy atom. The van der Waals surface area contributed by atoms with Crippen LogP contribution in [-0.4, -0.2) is 54.3 Å². The highest BCUT2D eigenvalue weighted by molar-refractivity contribution is 9.10. The summed E-state index contributed by atoms with van der Waals surface area (Å²) in [5.41, 5.74) is 3.89. The first-order chi connectivity index (χ1) is 15.7. The average Bonchev–Trinajstić information content (AvgIpc) is 2.74. The lowest BCUT2D eigenvalue weighted by Crippen LogP contribution is -2.47. The van der Waals surface area contributed by atoms with Crippen LogP contribution in [0.1, 0.15) is 37.5 Å². The molecule has 1 heterocycles. The highest BCUT2D eigenvalue weighted by Crippen LogP contribution is 2.37. The molecule has 2 atom stereocenters. The standard InChI is InChI=1S/C25H31BrN2O4S/c1-6-30-22-11-19(25(33)28-12-17(4)32-18(5)13-28)10-21(26)24(22)31-14-23(29)27-20-8-7-15(2)16(3)9-20/h7-11,17-18H,6,12-14H2,1-5H3,(H,27,29)/t17-,18-/m0/s1. The van der Waals surface area contributed by atoms with Crippen LogP contribution in [0.15, 0.2) is 34.8 Å². The largest absolute Gasteiger partial charge is 0.490 e. The Bertz CT molecular complexity index is 1020. The minimum absolute atomic E-state index is 0.111. The summed E-state index contributed by atoms with van der Waals surface area (Å²) in [6, 6.07) is 9.58. The second-order valence-electron chi connectivity index (χ2n) is 8.32. The third-order valence-corrected chi connectivity index (χ3v) is 6.48. The zero-order valence-corrected chi connectivity index (χ0v) is 22.1. The van der Waals surface area contributed by atoms with E-state index in [0.29, 0.717) is 22.6 Å². The molecule has 2 aromatic rings. The number of carbonyl (C=O) groups is 1. The van der Waals surface area contributed by atoms with Crippen molar-refractivity contribution in [1.29, 1.82) is 0 Å². The molecule has 178 valence electrons. The van der Waals surface area contributed by atoms with Gasteiger partial charge in [0.25, 0.3) is 5.91 Å². The lowest BCUT2D eigenvalue weighted by atomic mass is 10.1. The molecule has 0 saturated carbocycles. The van der Waals surface area contributed by atoms with Gasteiger partial charge in [-0.1, -0.05) is 18.3 Å². The summed E-state index contributed by atoms with van der Waals surface area (Å²) in [6.07, 6.45) is 0.222. The number of nitrogens with zero attached hydrogens (tertiary/aromatic N) is 1. The Morgan fingerprint density at radius 3 is 2.48 bits per heavy atom. The Kier molecular flexibility index (Phi) is 8.73. The predicted octanol–water partition coefficient (Wildman–Crippen LogP) is 5.27. The monoisotopic (exact) mass is 534 g/mol. The van der Waals surface area contributed by atoms with Crippen LogP contribution in [0, 0.1) is 13.8 Å². The number of rotatable bonds is 7. The number of thiocarbonyl (C=S) groups is 1. The van der Waals surface area contributed by atoms with Crippen LogP contribution in [0.25, 0.3) is 0 Å². The molecule has 33 heavy (non-hydrogen) atoms. The van der Waals surface area contributed by atoms with Gasteiger partial charge in [0.2, 0.25) is 0 Å². The van der Waals surface area contributed by atoms with Crippen molar-refractivity contribution < 1.29 is 19.0 Å². The lowest BCUT2D eigenvalue weighted by Gasteiger charge is -2.37. The number of ether oxygens (including phenoxy) is 3. The number of anilines is 1. The van der Waals surface area contributed by atoms with Gasteiger partial charge < -0.3 is 24.4 Å². The first-order valence-electron chi connectivity index (χ1n) is 11.1. The number of aryl methyl sites for hydroxylation is 2. The van der Waals surface area contributed by atoms with E-state index < -0.39 is 0 Å². The van der Waals surface area contributed by atoms with Gasteiger partial charge in [-0.2, -0.15) is 0 Å². The zero-order valence-electron chi connectivity index (χ0n) is 19.7. The summed E-state index contributed by atoms with van der Waals surface area (Å²) in [6.45, 7) is 11.8. The zero-order chi connectivity index (χ0) is 24.1. The first-order valence-corrected chi connectivity index (χ1v) is 12.3. The average molecular weight is 536 g/mol. The number of benzene rings is 2. The van der Waals surface area contributed by atoms with E-state index in [1.165, 1.54) is 5.56 Å². The van der Waals surface area contributed by atoms with Crippen molar-refractivity contribution in [3.05, 3.63) is 51.5 Å². The van der Waals surface area contributed by atoms with Crippen LogP contribution >= 0.6 is 28.1 Å². The predicted molar refractivity (Wildman–Crippen MR) is 139 cm³/mol. The van der Waals surface area contributed by atoms with E-state index in [4.69, 9.17) is 26.4 Å². The van der Waals surface area contributed by atoms with Crippen molar-refractivity contribution in [2.75, 3.05) is 31.6 Å². The number of halogens is 1. The molecular weight excluding hydrogens is 504 g/mol. The van der Waals surface area contributed by atoms with Crippen molar-refractivity contribution in [2.24, 2.45) is 0 Å². The summed E-state index contributed by atoms with van der Waals surface area (Å²) in [5.74, 6) is 0.767.